The quantitative estimate of drug-likeness (QED) is 0.775. The highest BCUT2D eigenvalue weighted by molar-refractivity contribution is 7.89. The number of carbonyl (C=O) groups is 1. The van der Waals surface area contributed by atoms with Crippen LogP contribution >= 0.6 is 0 Å². The van der Waals surface area contributed by atoms with Gasteiger partial charge in [-0.3, -0.25) is 4.79 Å². The van der Waals surface area contributed by atoms with Crippen LogP contribution in [-0.2, 0) is 14.8 Å². The number of carbonyl (C=O) groups excluding carboxylic acids is 1. The summed E-state index contributed by atoms with van der Waals surface area (Å²) in [7, 11) is -3.46. The van der Waals surface area contributed by atoms with E-state index in [2.05, 4.69) is 4.90 Å². The van der Waals surface area contributed by atoms with Crippen molar-refractivity contribution in [1.82, 2.24) is 9.21 Å². The van der Waals surface area contributed by atoms with Crippen LogP contribution in [0.25, 0.3) is 0 Å². The molecule has 0 aromatic heterocycles. The van der Waals surface area contributed by atoms with Gasteiger partial charge in [-0.15, -0.1) is 0 Å². The second-order valence-corrected chi connectivity index (χ2v) is 10.3. The Kier molecular flexibility index (Phi) is 5.30. The van der Waals surface area contributed by atoms with Crippen molar-refractivity contribution in [3.8, 4) is 0 Å². The van der Waals surface area contributed by atoms with Gasteiger partial charge in [-0.1, -0.05) is 30.5 Å². The predicted molar refractivity (Wildman–Crippen MR) is 105 cm³/mol. The van der Waals surface area contributed by atoms with Crippen molar-refractivity contribution in [2.45, 2.75) is 75.3 Å². The highest BCUT2D eigenvalue weighted by atomic mass is 32.2. The molecule has 6 heteroatoms. The van der Waals surface area contributed by atoms with Gasteiger partial charge in [-0.25, -0.2) is 8.42 Å². The summed E-state index contributed by atoms with van der Waals surface area (Å²) in [5.41, 5.74) is 1.05. The highest BCUT2D eigenvalue weighted by Gasteiger charge is 2.42. The van der Waals surface area contributed by atoms with Crippen molar-refractivity contribution >= 4 is 15.9 Å². The summed E-state index contributed by atoms with van der Waals surface area (Å²) in [6.07, 6.45) is 8.31. The summed E-state index contributed by atoms with van der Waals surface area (Å²) in [4.78, 5) is 15.7. The van der Waals surface area contributed by atoms with E-state index in [9.17, 15) is 13.2 Å². The number of hydrogen-bond acceptors (Lipinski definition) is 3. The first-order valence-electron chi connectivity index (χ1n) is 10.4. The molecule has 1 saturated heterocycles. The van der Waals surface area contributed by atoms with Gasteiger partial charge >= 0.3 is 0 Å². The Bertz CT molecular complexity index is 772. The molecule has 0 N–H and O–H groups in total. The molecule has 1 amide bonds. The van der Waals surface area contributed by atoms with Crippen molar-refractivity contribution in [3.05, 3.63) is 29.8 Å². The van der Waals surface area contributed by atoms with E-state index < -0.39 is 10.0 Å². The zero-order valence-electron chi connectivity index (χ0n) is 16.1. The minimum absolute atomic E-state index is 0.0179. The number of hydrogen-bond donors (Lipinski definition) is 0. The van der Waals surface area contributed by atoms with Crippen LogP contribution in [0.3, 0.4) is 0 Å². The Balaban J connectivity index is 1.40. The zero-order valence-corrected chi connectivity index (χ0v) is 17.0. The molecule has 4 rings (SSSR count). The summed E-state index contributed by atoms with van der Waals surface area (Å²) < 4.78 is 27.3. The minimum Gasteiger partial charge on any atom is -0.336 e. The van der Waals surface area contributed by atoms with Crippen LogP contribution < -0.4 is 0 Å². The predicted octanol–water partition coefficient (Wildman–Crippen LogP) is 3.33. The molecule has 0 bridgehead atoms. The molecule has 5 nitrogen and oxygen atoms in total. The lowest BCUT2D eigenvalue weighted by Gasteiger charge is -2.36. The van der Waals surface area contributed by atoms with E-state index in [1.807, 2.05) is 19.1 Å². The molecular weight excluding hydrogens is 360 g/mol. The molecule has 2 aliphatic carbocycles. The van der Waals surface area contributed by atoms with Crippen molar-refractivity contribution in [2.75, 3.05) is 13.1 Å². The van der Waals surface area contributed by atoms with Crippen LogP contribution in [0, 0.1) is 12.8 Å². The number of sulfonamides is 1. The molecule has 1 heterocycles. The topological polar surface area (TPSA) is 57.7 Å². The minimum atomic E-state index is -3.46. The Hall–Kier alpha value is -1.40. The van der Waals surface area contributed by atoms with Crippen LogP contribution in [0.1, 0.15) is 56.9 Å². The highest BCUT2D eigenvalue weighted by Crippen LogP contribution is 2.37. The maximum absolute atomic E-state index is 13.2. The largest absolute Gasteiger partial charge is 0.336 e. The number of amides is 1. The molecule has 0 radical (unpaired) electrons. The maximum atomic E-state index is 13.2. The second-order valence-electron chi connectivity index (χ2n) is 8.41. The van der Waals surface area contributed by atoms with Gasteiger partial charge in [0.25, 0.3) is 0 Å². The van der Waals surface area contributed by atoms with E-state index >= 15 is 0 Å². The van der Waals surface area contributed by atoms with E-state index in [0.717, 1.165) is 31.2 Å². The van der Waals surface area contributed by atoms with E-state index in [4.69, 9.17) is 0 Å². The molecule has 3 fully saturated rings. The fourth-order valence-corrected chi connectivity index (χ4v) is 6.08. The van der Waals surface area contributed by atoms with E-state index in [-0.39, 0.29) is 11.8 Å². The first-order valence-corrected chi connectivity index (χ1v) is 11.8. The van der Waals surface area contributed by atoms with Crippen molar-refractivity contribution in [1.29, 1.82) is 0 Å². The first kappa shape index (κ1) is 18.9. The van der Waals surface area contributed by atoms with Gasteiger partial charge in [0.2, 0.25) is 15.9 Å². The van der Waals surface area contributed by atoms with Gasteiger partial charge in [0.05, 0.1) is 4.90 Å². The van der Waals surface area contributed by atoms with E-state index in [1.54, 1.807) is 16.4 Å². The number of aryl methyl sites for hydroxylation is 1. The fraction of sp³-hybridized carbons (Fsp3) is 0.667. The Morgan fingerprint density at radius 1 is 0.926 bits per heavy atom. The molecule has 1 aromatic carbocycles. The van der Waals surface area contributed by atoms with Crippen LogP contribution in [0.5, 0.6) is 0 Å². The number of benzene rings is 1. The fourth-order valence-electron chi connectivity index (χ4n) is 4.61. The molecule has 3 aliphatic rings. The standard InChI is InChI=1S/C21H30N2O3S/c1-16-6-10-20(11-7-16)27(25,26)22-14-12-17(13-15-22)21(24)23(19-8-9-19)18-4-2-3-5-18/h6-7,10-11,17-19H,2-5,8-9,12-15H2,1H3. The number of rotatable bonds is 5. The van der Waals surface area contributed by atoms with Crippen LogP contribution in [0.4, 0.5) is 0 Å². The Morgan fingerprint density at radius 2 is 1.48 bits per heavy atom. The lowest BCUT2D eigenvalue weighted by molar-refractivity contribution is -0.139. The molecule has 0 atom stereocenters. The van der Waals surface area contributed by atoms with Crippen molar-refractivity contribution in [2.24, 2.45) is 5.92 Å². The maximum Gasteiger partial charge on any atom is 0.243 e. The van der Waals surface area contributed by atoms with Crippen LogP contribution in [0.15, 0.2) is 29.2 Å². The number of nitrogens with zero attached hydrogens (tertiary/aromatic N) is 2. The average Bonchev–Trinajstić information content (AvgIpc) is 3.36. The Labute approximate surface area is 162 Å². The zero-order chi connectivity index (χ0) is 19.0. The first-order chi connectivity index (χ1) is 13.0. The smallest absolute Gasteiger partial charge is 0.243 e. The molecular formula is C21H30N2O3S. The van der Waals surface area contributed by atoms with Crippen molar-refractivity contribution < 1.29 is 13.2 Å². The summed E-state index contributed by atoms with van der Waals surface area (Å²) in [5.74, 6) is 0.271. The van der Waals surface area contributed by atoms with Gasteiger partial charge in [-0.2, -0.15) is 4.31 Å². The summed E-state index contributed by atoms with van der Waals surface area (Å²) in [6, 6.07) is 7.90. The van der Waals surface area contributed by atoms with E-state index in [0.29, 0.717) is 42.9 Å². The third-order valence-corrected chi connectivity index (χ3v) is 8.29. The molecule has 1 aromatic rings. The van der Waals surface area contributed by atoms with Crippen molar-refractivity contribution in [3.63, 3.8) is 0 Å². The molecule has 148 valence electrons. The molecule has 0 unspecified atom stereocenters. The van der Waals surface area contributed by atoms with Gasteiger partial charge in [-0.05, 0) is 57.6 Å². The SMILES string of the molecule is Cc1ccc(S(=O)(=O)N2CCC(C(=O)N(C3CCCC3)C3CC3)CC2)cc1. The Morgan fingerprint density at radius 3 is 2.04 bits per heavy atom. The van der Waals surface area contributed by atoms with Gasteiger partial charge < -0.3 is 4.90 Å². The molecule has 0 spiro atoms. The lowest BCUT2D eigenvalue weighted by atomic mass is 9.95. The molecule has 27 heavy (non-hydrogen) atoms. The monoisotopic (exact) mass is 390 g/mol. The normalized spacial score (nSPS) is 22.9. The van der Waals surface area contributed by atoms with Gasteiger partial charge in [0.1, 0.15) is 0 Å². The summed E-state index contributed by atoms with van der Waals surface area (Å²) >= 11 is 0. The third kappa shape index (κ3) is 3.92. The van der Waals surface area contributed by atoms with Gasteiger partial charge in [0.15, 0.2) is 0 Å². The van der Waals surface area contributed by atoms with E-state index in [1.165, 1.54) is 12.8 Å². The summed E-state index contributed by atoms with van der Waals surface area (Å²) in [6.45, 7) is 2.83. The van der Waals surface area contributed by atoms with Gasteiger partial charge in [0, 0.05) is 31.1 Å². The van der Waals surface area contributed by atoms with Crippen LogP contribution in [0.2, 0.25) is 0 Å². The third-order valence-electron chi connectivity index (χ3n) is 6.37. The second kappa shape index (κ2) is 7.55. The summed E-state index contributed by atoms with van der Waals surface area (Å²) in [5, 5.41) is 0. The average molecular weight is 391 g/mol. The van der Waals surface area contributed by atoms with Crippen LogP contribution in [-0.4, -0.2) is 48.7 Å². The molecule has 1 aliphatic heterocycles. The number of piperidine rings is 1. The lowest BCUT2D eigenvalue weighted by Crippen LogP contribution is -2.48. The molecule has 2 saturated carbocycles.